The fourth-order valence-electron chi connectivity index (χ4n) is 4.44. The molecule has 0 saturated carbocycles. The van der Waals surface area contributed by atoms with Crippen molar-refractivity contribution in [1.29, 1.82) is 0 Å². The maximum atomic E-state index is 13.2. The number of nitro benzene ring substituents is 1. The number of hydrogen-bond acceptors (Lipinski definition) is 11. The van der Waals surface area contributed by atoms with E-state index in [0.717, 1.165) is 24.3 Å². The standard InChI is InChI=1S/C30H23N5O9S2.Na/c1-18-9-10-22(17-27(18)45(40,41)34-20-11-13-24(14-12-20)46(42,43)44)32-33-28-25-8-3-2-5-19(25)15-26(29(28)36)30(37)31-21-6-4-7-23(16-21)35(38)39;/h2-17,34,36H,1H3,(H,31,37)(H,42,43,44);/q;+1/p-1. The molecule has 0 aliphatic rings. The Morgan fingerprint density at radius 1 is 0.851 bits per heavy atom. The van der Waals surface area contributed by atoms with Gasteiger partial charge in [-0.2, -0.15) is 5.11 Å². The van der Waals surface area contributed by atoms with E-state index in [9.17, 15) is 41.4 Å². The predicted octanol–water partition coefficient (Wildman–Crippen LogP) is 3.14. The van der Waals surface area contributed by atoms with Crippen molar-refractivity contribution in [2.24, 2.45) is 10.2 Å². The molecule has 1 amide bonds. The molecule has 0 bridgehead atoms. The number of non-ortho nitro benzene ring substituents is 1. The molecule has 0 saturated heterocycles. The van der Waals surface area contributed by atoms with Crippen molar-refractivity contribution in [1.82, 2.24) is 0 Å². The minimum Gasteiger partial charge on any atom is -0.744 e. The van der Waals surface area contributed by atoms with Gasteiger partial charge in [0.25, 0.3) is 21.6 Å². The molecule has 14 nitrogen and oxygen atoms in total. The Balaban J connectivity index is 0.00000500. The predicted molar refractivity (Wildman–Crippen MR) is 167 cm³/mol. The fraction of sp³-hybridized carbons (Fsp3) is 0.0333. The second-order valence-electron chi connectivity index (χ2n) is 9.84. The summed E-state index contributed by atoms with van der Waals surface area (Å²) < 4.78 is 62.3. The summed E-state index contributed by atoms with van der Waals surface area (Å²) in [6.45, 7) is 1.55. The topological polar surface area (TPSA) is 221 Å². The van der Waals surface area contributed by atoms with E-state index in [-0.39, 0.29) is 68.5 Å². The van der Waals surface area contributed by atoms with Gasteiger partial charge in [0.15, 0.2) is 5.75 Å². The molecule has 0 unspecified atom stereocenters. The normalized spacial score (nSPS) is 11.6. The van der Waals surface area contributed by atoms with Gasteiger partial charge in [0.1, 0.15) is 15.8 Å². The minimum absolute atomic E-state index is 0. The molecule has 0 aliphatic heterocycles. The van der Waals surface area contributed by atoms with Crippen LogP contribution in [0, 0.1) is 17.0 Å². The molecule has 0 aliphatic carbocycles. The molecule has 234 valence electrons. The number of benzene rings is 5. The molecule has 47 heavy (non-hydrogen) atoms. The molecule has 3 N–H and O–H groups in total. The van der Waals surface area contributed by atoms with Crippen LogP contribution in [0.1, 0.15) is 15.9 Å². The van der Waals surface area contributed by atoms with Crippen LogP contribution in [0.4, 0.5) is 28.4 Å². The number of nitro groups is 1. The third-order valence-electron chi connectivity index (χ3n) is 6.68. The van der Waals surface area contributed by atoms with Gasteiger partial charge < -0.3 is 15.0 Å². The van der Waals surface area contributed by atoms with Gasteiger partial charge >= 0.3 is 29.6 Å². The molecule has 0 spiro atoms. The Morgan fingerprint density at radius 3 is 2.23 bits per heavy atom. The van der Waals surface area contributed by atoms with Gasteiger partial charge in [-0.1, -0.05) is 36.4 Å². The average Bonchev–Trinajstić information content (AvgIpc) is 3.00. The Kier molecular flexibility index (Phi) is 10.4. The number of phenols is 1. The number of carbonyl (C=O) groups is 1. The first-order valence-corrected chi connectivity index (χ1v) is 16.0. The SMILES string of the molecule is Cc1ccc(N=Nc2c(O)c(C(=O)Nc3cccc([N+](=O)[O-])c3)cc3ccccc23)cc1S(=O)(=O)Nc1ccc(S(=O)(=O)[O-])cc1.[Na+]. The smallest absolute Gasteiger partial charge is 0.744 e. The summed E-state index contributed by atoms with van der Waals surface area (Å²) >= 11 is 0. The van der Waals surface area contributed by atoms with E-state index in [4.69, 9.17) is 0 Å². The Labute approximate surface area is 290 Å². The zero-order valence-electron chi connectivity index (χ0n) is 24.6. The molecule has 0 heterocycles. The number of aryl methyl sites for hydroxylation is 1. The summed E-state index contributed by atoms with van der Waals surface area (Å²) in [6.07, 6.45) is 0. The summed E-state index contributed by atoms with van der Waals surface area (Å²) in [7, 11) is -8.93. The van der Waals surface area contributed by atoms with E-state index in [0.29, 0.717) is 16.3 Å². The first-order valence-electron chi connectivity index (χ1n) is 13.1. The maximum Gasteiger partial charge on any atom is 1.00 e. The third kappa shape index (κ3) is 7.99. The van der Waals surface area contributed by atoms with Crippen LogP contribution in [0.2, 0.25) is 0 Å². The van der Waals surface area contributed by atoms with Crippen molar-refractivity contribution in [3.8, 4) is 5.75 Å². The van der Waals surface area contributed by atoms with Crippen molar-refractivity contribution in [3.63, 3.8) is 0 Å². The monoisotopic (exact) mass is 683 g/mol. The number of nitrogens with one attached hydrogen (secondary N) is 2. The van der Waals surface area contributed by atoms with Crippen LogP contribution in [0.3, 0.4) is 0 Å². The summed E-state index contributed by atoms with van der Waals surface area (Å²) in [5, 5.41) is 34.0. The number of carbonyl (C=O) groups excluding carboxylic acids is 1. The fourth-order valence-corrected chi connectivity index (χ4v) is 6.23. The number of phenolic OH excluding ortho intramolecular Hbond substituents is 1. The van der Waals surface area contributed by atoms with E-state index in [1.165, 1.54) is 48.5 Å². The first-order chi connectivity index (χ1) is 21.7. The van der Waals surface area contributed by atoms with Gasteiger partial charge in [-0.3, -0.25) is 19.6 Å². The zero-order valence-corrected chi connectivity index (χ0v) is 28.2. The summed E-state index contributed by atoms with van der Waals surface area (Å²) in [4.78, 5) is 23.0. The van der Waals surface area contributed by atoms with E-state index in [1.54, 1.807) is 31.2 Å². The van der Waals surface area contributed by atoms with Crippen LogP contribution in [0.15, 0.2) is 117 Å². The van der Waals surface area contributed by atoms with Gasteiger partial charge in [-0.05, 0) is 66.4 Å². The Morgan fingerprint density at radius 2 is 1.55 bits per heavy atom. The molecule has 0 aromatic heterocycles. The van der Waals surface area contributed by atoms with Gasteiger partial charge in [0.2, 0.25) is 0 Å². The maximum absolute atomic E-state index is 13.2. The van der Waals surface area contributed by atoms with Crippen molar-refractivity contribution in [2.75, 3.05) is 10.0 Å². The number of hydrogen-bond donors (Lipinski definition) is 3. The second-order valence-corrected chi connectivity index (χ2v) is 12.9. The molecule has 0 radical (unpaired) electrons. The third-order valence-corrected chi connectivity index (χ3v) is 9.05. The number of nitrogens with zero attached hydrogens (tertiary/aromatic N) is 3. The van der Waals surface area contributed by atoms with Gasteiger partial charge in [0, 0.05) is 28.9 Å². The van der Waals surface area contributed by atoms with E-state index < -0.39 is 41.6 Å². The summed E-state index contributed by atoms with van der Waals surface area (Å²) in [5.41, 5.74) is 0.0493. The van der Waals surface area contributed by atoms with Gasteiger partial charge in [-0.25, -0.2) is 16.8 Å². The Hall–Kier alpha value is -4.71. The quantitative estimate of drug-likeness (QED) is 0.0682. The van der Waals surface area contributed by atoms with Crippen molar-refractivity contribution < 1.29 is 65.8 Å². The van der Waals surface area contributed by atoms with Crippen LogP contribution in [0.5, 0.6) is 5.75 Å². The molecule has 5 aromatic carbocycles. The minimum atomic E-state index is -4.71. The van der Waals surface area contributed by atoms with Crippen molar-refractivity contribution >= 4 is 65.3 Å². The Bertz CT molecular complexity index is 2280. The number of amides is 1. The number of sulfonamides is 1. The first kappa shape index (κ1) is 35.1. The molecular formula is C30H22N5NaO9S2. The number of fused-ring (bicyclic) bond motifs is 1. The van der Waals surface area contributed by atoms with E-state index >= 15 is 0 Å². The van der Waals surface area contributed by atoms with Crippen molar-refractivity contribution in [2.45, 2.75) is 16.7 Å². The van der Waals surface area contributed by atoms with Crippen LogP contribution >= 0.6 is 0 Å². The molecule has 0 fully saturated rings. The van der Waals surface area contributed by atoms with Crippen LogP contribution < -0.4 is 39.6 Å². The number of azo groups is 1. The van der Waals surface area contributed by atoms with Crippen LogP contribution in [0.25, 0.3) is 10.8 Å². The molecule has 5 aromatic rings. The molecule has 5 rings (SSSR count). The van der Waals surface area contributed by atoms with Crippen LogP contribution in [-0.2, 0) is 20.1 Å². The molecular weight excluding hydrogens is 661 g/mol. The summed E-state index contributed by atoms with van der Waals surface area (Å²) in [6, 6.07) is 21.9. The number of aromatic hydroxyl groups is 1. The van der Waals surface area contributed by atoms with Gasteiger partial charge in [0.05, 0.1) is 26.0 Å². The van der Waals surface area contributed by atoms with E-state index in [1.807, 2.05) is 0 Å². The second kappa shape index (κ2) is 14.0. The summed E-state index contributed by atoms with van der Waals surface area (Å²) in [5.74, 6) is -1.30. The molecule has 0 atom stereocenters. The molecule has 17 heteroatoms. The largest absolute Gasteiger partial charge is 1.00 e. The number of anilines is 2. The number of rotatable bonds is 9. The van der Waals surface area contributed by atoms with Crippen molar-refractivity contribution in [3.05, 3.63) is 118 Å². The average molecular weight is 684 g/mol. The van der Waals surface area contributed by atoms with Gasteiger partial charge in [-0.15, -0.1) is 5.11 Å². The van der Waals surface area contributed by atoms with Crippen LogP contribution in [-0.4, -0.2) is 37.3 Å². The zero-order chi connectivity index (χ0) is 33.2. The van der Waals surface area contributed by atoms with E-state index in [2.05, 4.69) is 20.3 Å².